The summed E-state index contributed by atoms with van der Waals surface area (Å²) in [5, 5.41) is 4.20. The Morgan fingerprint density at radius 3 is 3.00 bits per heavy atom. The van der Waals surface area contributed by atoms with Gasteiger partial charge in [0.1, 0.15) is 0 Å². The quantitative estimate of drug-likeness (QED) is 0.474. The fourth-order valence-electron chi connectivity index (χ4n) is 0.714. The molecule has 0 aromatic rings. The lowest BCUT2D eigenvalue weighted by atomic mass is 10.3. The van der Waals surface area contributed by atoms with E-state index in [9.17, 15) is 0 Å². The van der Waals surface area contributed by atoms with E-state index in [2.05, 4.69) is 5.32 Å². The first-order chi connectivity index (χ1) is 3.93. The molecule has 2 N–H and O–H groups in total. The molecular formula is C5H11N2O. The molecule has 3 heteroatoms. The Kier molecular flexibility index (Phi) is 2.27. The van der Waals surface area contributed by atoms with Gasteiger partial charge in [0.05, 0.1) is 19.3 Å². The summed E-state index contributed by atoms with van der Waals surface area (Å²) in [4.78, 5) is 0. The number of morpholine rings is 1. The van der Waals surface area contributed by atoms with Crippen LogP contribution in [0.3, 0.4) is 0 Å². The van der Waals surface area contributed by atoms with Crippen LogP contribution in [0.2, 0.25) is 0 Å². The number of hydrogen-bond acceptors (Lipinski definition) is 2. The molecular weight excluding hydrogens is 104 g/mol. The molecule has 0 aliphatic carbocycles. The van der Waals surface area contributed by atoms with Crippen molar-refractivity contribution in [2.24, 2.45) is 5.73 Å². The van der Waals surface area contributed by atoms with E-state index in [1.807, 2.05) is 0 Å². The lowest BCUT2D eigenvalue weighted by Gasteiger charge is -2.19. The van der Waals surface area contributed by atoms with Crippen molar-refractivity contribution in [2.75, 3.05) is 26.3 Å². The van der Waals surface area contributed by atoms with Gasteiger partial charge >= 0.3 is 0 Å². The molecule has 0 bridgehead atoms. The Morgan fingerprint density at radius 2 is 2.62 bits per heavy atom. The fraction of sp³-hybridized carbons (Fsp3) is 1.00. The van der Waals surface area contributed by atoms with Crippen molar-refractivity contribution in [3.05, 3.63) is 0 Å². The van der Waals surface area contributed by atoms with Gasteiger partial charge in [-0.1, -0.05) is 0 Å². The third kappa shape index (κ3) is 1.43. The van der Waals surface area contributed by atoms with Crippen LogP contribution in [0.15, 0.2) is 0 Å². The van der Waals surface area contributed by atoms with E-state index in [0.717, 1.165) is 19.8 Å². The zero-order chi connectivity index (χ0) is 5.82. The maximum Gasteiger partial charge on any atom is 0.0648 e. The van der Waals surface area contributed by atoms with E-state index < -0.39 is 0 Å². The molecule has 1 rings (SSSR count). The molecule has 47 valence electrons. The summed E-state index contributed by atoms with van der Waals surface area (Å²) < 4.78 is 5.10. The van der Waals surface area contributed by atoms with Crippen LogP contribution in [0.5, 0.6) is 0 Å². The second-order valence-electron chi connectivity index (χ2n) is 1.87. The maximum atomic E-state index is 5.33. The molecule has 3 nitrogen and oxygen atoms in total. The molecule has 0 aromatic heterocycles. The minimum absolute atomic E-state index is 0.267. The van der Waals surface area contributed by atoms with Crippen molar-refractivity contribution in [3.63, 3.8) is 0 Å². The maximum absolute atomic E-state index is 5.33. The fourth-order valence-corrected chi connectivity index (χ4v) is 0.714. The molecule has 1 fully saturated rings. The zero-order valence-electron chi connectivity index (χ0n) is 4.84. The van der Waals surface area contributed by atoms with Gasteiger partial charge < -0.3 is 10.5 Å². The molecule has 0 spiro atoms. The number of nitrogens with two attached hydrogens (primary N) is 1. The molecule has 0 aromatic carbocycles. The molecule has 8 heavy (non-hydrogen) atoms. The van der Waals surface area contributed by atoms with E-state index in [-0.39, 0.29) is 6.04 Å². The third-order valence-electron chi connectivity index (χ3n) is 1.21. The van der Waals surface area contributed by atoms with Crippen LogP contribution in [-0.2, 0) is 4.74 Å². The number of rotatable bonds is 1. The van der Waals surface area contributed by atoms with E-state index in [1.165, 1.54) is 0 Å². The van der Waals surface area contributed by atoms with E-state index in [0.29, 0.717) is 6.54 Å². The zero-order valence-corrected chi connectivity index (χ0v) is 4.84. The highest BCUT2D eigenvalue weighted by Crippen LogP contribution is 1.90. The van der Waals surface area contributed by atoms with Crippen LogP contribution < -0.4 is 11.1 Å². The summed E-state index contributed by atoms with van der Waals surface area (Å²) in [6.45, 7) is 2.94. The summed E-state index contributed by atoms with van der Waals surface area (Å²) in [7, 11) is 0. The van der Waals surface area contributed by atoms with Crippen molar-refractivity contribution >= 4 is 0 Å². The molecule has 1 unspecified atom stereocenters. The summed E-state index contributed by atoms with van der Waals surface area (Å²) in [5.41, 5.74) is 5.33. The summed E-state index contributed by atoms with van der Waals surface area (Å²) >= 11 is 0. The third-order valence-corrected chi connectivity index (χ3v) is 1.21. The molecule has 1 aliphatic heterocycles. The molecule has 1 saturated heterocycles. The minimum atomic E-state index is 0.267. The minimum Gasteiger partial charge on any atom is -0.378 e. The Bertz CT molecular complexity index is 61.4. The predicted molar refractivity (Wildman–Crippen MR) is 30.7 cm³/mol. The van der Waals surface area contributed by atoms with Crippen LogP contribution in [0.1, 0.15) is 0 Å². The Hall–Kier alpha value is -0.120. The van der Waals surface area contributed by atoms with E-state index >= 15 is 0 Å². The highest BCUT2D eigenvalue weighted by molar-refractivity contribution is 4.68. The van der Waals surface area contributed by atoms with Crippen molar-refractivity contribution in [2.45, 2.75) is 6.04 Å². The van der Waals surface area contributed by atoms with Crippen LogP contribution in [-0.4, -0.2) is 32.3 Å². The van der Waals surface area contributed by atoms with Crippen LogP contribution in [0.4, 0.5) is 0 Å². The number of nitrogens with zero attached hydrogens (tertiary/aromatic N) is 1. The van der Waals surface area contributed by atoms with Gasteiger partial charge in [-0.25, -0.2) is 5.32 Å². The van der Waals surface area contributed by atoms with E-state index in [4.69, 9.17) is 10.5 Å². The molecule has 1 radical (unpaired) electrons. The Labute approximate surface area is 49.2 Å². The van der Waals surface area contributed by atoms with Crippen molar-refractivity contribution < 1.29 is 4.74 Å². The van der Waals surface area contributed by atoms with Gasteiger partial charge in [0.2, 0.25) is 0 Å². The second kappa shape index (κ2) is 3.02. The van der Waals surface area contributed by atoms with Gasteiger partial charge in [0.25, 0.3) is 0 Å². The SMILES string of the molecule is NCC1COCC[N]1. The van der Waals surface area contributed by atoms with Crippen LogP contribution in [0, 0.1) is 0 Å². The first kappa shape index (κ1) is 6.01. The molecule has 1 atom stereocenters. The van der Waals surface area contributed by atoms with Crippen LogP contribution in [0.25, 0.3) is 0 Å². The highest BCUT2D eigenvalue weighted by atomic mass is 16.5. The predicted octanol–water partition coefficient (Wildman–Crippen LogP) is -1.05. The van der Waals surface area contributed by atoms with Crippen molar-refractivity contribution in [1.82, 2.24) is 5.32 Å². The standard InChI is InChI=1S/C5H11N2O/c6-3-5-4-8-2-1-7-5/h5H,1-4,6H2. The largest absolute Gasteiger partial charge is 0.378 e. The van der Waals surface area contributed by atoms with Crippen LogP contribution >= 0.6 is 0 Å². The van der Waals surface area contributed by atoms with Gasteiger partial charge in [-0.2, -0.15) is 0 Å². The molecule has 0 amide bonds. The number of ether oxygens (including phenoxy) is 1. The molecule has 1 heterocycles. The lowest BCUT2D eigenvalue weighted by molar-refractivity contribution is 0.0771. The monoisotopic (exact) mass is 115 g/mol. The Morgan fingerprint density at radius 1 is 1.75 bits per heavy atom. The highest BCUT2D eigenvalue weighted by Gasteiger charge is 2.10. The first-order valence-electron chi connectivity index (χ1n) is 2.88. The summed E-state index contributed by atoms with van der Waals surface area (Å²) in [6, 6.07) is 0.267. The normalized spacial score (nSPS) is 30.4. The van der Waals surface area contributed by atoms with Gasteiger partial charge in [-0.3, -0.25) is 0 Å². The smallest absolute Gasteiger partial charge is 0.0648 e. The van der Waals surface area contributed by atoms with Gasteiger partial charge in [0.15, 0.2) is 0 Å². The molecule has 1 aliphatic rings. The summed E-state index contributed by atoms with van der Waals surface area (Å²) in [6.07, 6.45) is 0. The van der Waals surface area contributed by atoms with Gasteiger partial charge in [0, 0.05) is 13.1 Å². The van der Waals surface area contributed by atoms with Gasteiger partial charge in [-0.05, 0) is 0 Å². The molecule has 0 saturated carbocycles. The lowest BCUT2D eigenvalue weighted by Crippen LogP contribution is -2.40. The first-order valence-corrected chi connectivity index (χ1v) is 2.88. The van der Waals surface area contributed by atoms with E-state index in [1.54, 1.807) is 0 Å². The number of hydrogen-bond donors (Lipinski definition) is 1. The average molecular weight is 115 g/mol. The average Bonchev–Trinajstić information content (AvgIpc) is 1.90. The van der Waals surface area contributed by atoms with Crippen molar-refractivity contribution in [3.8, 4) is 0 Å². The Balaban J connectivity index is 2.13. The van der Waals surface area contributed by atoms with Gasteiger partial charge in [-0.15, -0.1) is 0 Å². The topological polar surface area (TPSA) is 49.4 Å². The van der Waals surface area contributed by atoms with Crippen molar-refractivity contribution in [1.29, 1.82) is 0 Å². The second-order valence-corrected chi connectivity index (χ2v) is 1.87. The summed E-state index contributed by atoms with van der Waals surface area (Å²) in [5.74, 6) is 0.